The van der Waals surface area contributed by atoms with Gasteiger partial charge in [-0.1, -0.05) is 79.9 Å². The standard InChI is InChI=1S/C33H40FN3O4S/c1-24-18-19-25(2)30(20-24)37(42(3,40)41)23-32(38)36(22-27-14-10-11-17-29(27)34)31(21-26-12-6-4-7-13-26)33(39)35-28-15-8-5-9-16-28/h4,6-7,10-14,17-20,28,31H,5,8-9,15-16,21-23H2,1-3H3,(H,35,39)/t31-/m1/s1. The number of anilines is 1. The molecule has 1 aliphatic rings. The molecule has 2 amide bonds. The molecule has 1 aliphatic carbocycles. The van der Waals surface area contributed by atoms with Crippen molar-refractivity contribution in [2.24, 2.45) is 0 Å². The molecule has 0 radical (unpaired) electrons. The van der Waals surface area contributed by atoms with E-state index in [0.29, 0.717) is 11.3 Å². The van der Waals surface area contributed by atoms with E-state index in [1.807, 2.05) is 43.3 Å². The molecule has 3 aromatic rings. The Morgan fingerprint density at radius 3 is 2.29 bits per heavy atom. The topological polar surface area (TPSA) is 86.8 Å². The first kappa shape index (κ1) is 31.2. The molecular formula is C33H40FN3O4S. The van der Waals surface area contributed by atoms with Gasteiger partial charge in [-0.2, -0.15) is 0 Å². The lowest BCUT2D eigenvalue weighted by Gasteiger charge is -2.35. The number of nitrogens with zero attached hydrogens (tertiary/aromatic N) is 2. The maximum Gasteiger partial charge on any atom is 0.244 e. The summed E-state index contributed by atoms with van der Waals surface area (Å²) in [5.74, 6) is -1.42. The molecule has 1 atom stereocenters. The van der Waals surface area contributed by atoms with Gasteiger partial charge in [-0.05, 0) is 55.5 Å². The summed E-state index contributed by atoms with van der Waals surface area (Å²) in [7, 11) is -3.88. The number of nitrogens with one attached hydrogen (secondary N) is 1. The van der Waals surface area contributed by atoms with E-state index in [9.17, 15) is 22.4 Å². The van der Waals surface area contributed by atoms with Gasteiger partial charge in [-0.3, -0.25) is 13.9 Å². The molecule has 4 rings (SSSR count). The van der Waals surface area contributed by atoms with Crippen LogP contribution in [0.25, 0.3) is 0 Å². The zero-order valence-corrected chi connectivity index (χ0v) is 25.4. The van der Waals surface area contributed by atoms with Gasteiger partial charge in [0.1, 0.15) is 18.4 Å². The van der Waals surface area contributed by atoms with Crippen molar-refractivity contribution >= 4 is 27.5 Å². The Morgan fingerprint density at radius 2 is 1.62 bits per heavy atom. The SMILES string of the molecule is Cc1ccc(C)c(N(CC(=O)N(Cc2ccccc2F)[C@H](Cc2ccccc2)C(=O)NC2CCCCC2)S(C)(=O)=O)c1. The molecule has 224 valence electrons. The monoisotopic (exact) mass is 593 g/mol. The fourth-order valence-corrected chi connectivity index (χ4v) is 6.39. The normalized spacial score (nSPS) is 14.7. The van der Waals surface area contributed by atoms with Crippen molar-refractivity contribution < 1.29 is 22.4 Å². The van der Waals surface area contributed by atoms with Crippen molar-refractivity contribution in [1.82, 2.24) is 10.2 Å². The smallest absolute Gasteiger partial charge is 0.244 e. The number of hydrogen-bond donors (Lipinski definition) is 1. The zero-order valence-electron chi connectivity index (χ0n) is 24.6. The number of amides is 2. The third-order valence-corrected chi connectivity index (χ3v) is 8.96. The van der Waals surface area contributed by atoms with Crippen LogP contribution in [-0.4, -0.2) is 50.0 Å². The average Bonchev–Trinajstić information content (AvgIpc) is 2.96. The van der Waals surface area contributed by atoms with E-state index in [2.05, 4.69) is 5.32 Å². The lowest BCUT2D eigenvalue weighted by Crippen LogP contribution is -2.55. The van der Waals surface area contributed by atoms with E-state index in [0.717, 1.165) is 53.8 Å². The van der Waals surface area contributed by atoms with Crippen LogP contribution in [0.5, 0.6) is 0 Å². The number of carbonyl (C=O) groups is 2. The van der Waals surface area contributed by atoms with Crippen LogP contribution in [0, 0.1) is 19.7 Å². The number of halogens is 1. The summed E-state index contributed by atoms with van der Waals surface area (Å²) in [4.78, 5) is 29.5. The molecule has 9 heteroatoms. The Bertz CT molecular complexity index is 1490. The van der Waals surface area contributed by atoms with Gasteiger partial charge in [-0.15, -0.1) is 0 Å². The molecule has 7 nitrogen and oxygen atoms in total. The Hall–Kier alpha value is -3.72. The van der Waals surface area contributed by atoms with Crippen LogP contribution in [0.4, 0.5) is 10.1 Å². The maximum absolute atomic E-state index is 14.9. The molecule has 0 spiro atoms. The van der Waals surface area contributed by atoms with E-state index in [1.165, 1.54) is 11.0 Å². The summed E-state index contributed by atoms with van der Waals surface area (Å²) in [6.07, 6.45) is 6.13. The molecular weight excluding hydrogens is 553 g/mol. The largest absolute Gasteiger partial charge is 0.352 e. The Kier molecular flexibility index (Phi) is 10.4. The van der Waals surface area contributed by atoms with Crippen LogP contribution in [-0.2, 0) is 32.6 Å². The van der Waals surface area contributed by atoms with Gasteiger partial charge in [-0.25, -0.2) is 12.8 Å². The van der Waals surface area contributed by atoms with Gasteiger partial charge in [0.25, 0.3) is 0 Å². The second-order valence-electron chi connectivity index (χ2n) is 11.2. The summed E-state index contributed by atoms with van der Waals surface area (Å²) in [6.45, 7) is 2.91. The highest BCUT2D eigenvalue weighted by molar-refractivity contribution is 7.92. The van der Waals surface area contributed by atoms with E-state index in [-0.39, 0.29) is 30.5 Å². The fraction of sp³-hybridized carbons (Fsp3) is 0.394. The van der Waals surface area contributed by atoms with Gasteiger partial charge in [0, 0.05) is 24.6 Å². The predicted octanol–water partition coefficient (Wildman–Crippen LogP) is 5.30. The lowest BCUT2D eigenvalue weighted by atomic mass is 9.94. The first-order chi connectivity index (χ1) is 20.0. The minimum Gasteiger partial charge on any atom is -0.352 e. The van der Waals surface area contributed by atoms with Crippen molar-refractivity contribution in [3.63, 3.8) is 0 Å². The molecule has 0 saturated heterocycles. The minimum atomic E-state index is -3.88. The lowest BCUT2D eigenvalue weighted by molar-refractivity contribution is -0.140. The van der Waals surface area contributed by atoms with Gasteiger partial charge in [0.2, 0.25) is 21.8 Å². The number of hydrogen-bond acceptors (Lipinski definition) is 4. The molecule has 0 heterocycles. The predicted molar refractivity (Wildman–Crippen MR) is 164 cm³/mol. The number of sulfonamides is 1. The van der Waals surface area contributed by atoms with Gasteiger partial charge in [0.05, 0.1) is 11.9 Å². The van der Waals surface area contributed by atoms with Crippen molar-refractivity contribution in [2.45, 2.75) is 71.0 Å². The van der Waals surface area contributed by atoms with Gasteiger partial charge >= 0.3 is 0 Å². The minimum absolute atomic E-state index is 0.00241. The van der Waals surface area contributed by atoms with Crippen molar-refractivity contribution in [3.8, 4) is 0 Å². The van der Waals surface area contributed by atoms with E-state index < -0.39 is 34.3 Å². The number of benzene rings is 3. The number of carbonyl (C=O) groups excluding carboxylic acids is 2. The van der Waals surface area contributed by atoms with Crippen molar-refractivity contribution in [3.05, 3.63) is 101 Å². The molecule has 0 aromatic heterocycles. The second-order valence-corrected chi connectivity index (χ2v) is 13.1. The summed E-state index contributed by atoms with van der Waals surface area (Å²) >= 11 is 0. The number of rotatable bonds is 11. The molecule has 42 heavy (non-hydrogen) atoms. The molecule has 0 aliphatic heterocycles. The Labute approximate surface area is 248 Å². The average molecular weight is 594 g/mol. The van der Waals surface area contributed by atoms with Crippen LogP contribution in [0.3, 0.4) is 0 Å². The molecule has 1 fully saturated rings. The first-order valence-electron chi connectivity index (χ1n) is 14.4. The molecule has 1 saturated carbocycles. The van der Waals surface area contributed by atoms with Gasteiger partial charge in [0.15, 0.2) is 0 Å². The van der Waals surface area contributed by atoms with Crippen LogP contribution in [0.15, 0.2) is 72.8 Å². The third-order valence-electron chi connectivity index (χ3n) is 7.83. The highest BCUT2D eigenvalue weighted by atomic mass is 32.2. The molecule has 3 aromatic carbocycles. The Balaban J connectivity index is 1.75. The first-order valence-corrected chi connectivity index (χ1v) is 16.3. The van der Waals surface area contributed by atoms with Gasteiger partial charge < -0.3 is 10.2 Å². The quantitative estimate of drug-likeness (QED) is 0.327. The van der Waals surface area contributed by atoms with Crippen LogP contribution in [0.2, 0.25) is 0 Å². The zero-order chi connectivity index (χ0) is 30.3. The third kappa shape index (κ3) is 8.18. The summed E-state index contributed by atoms with van der Waals surface area (Å²) in [5.41, 5.74) is 3.00. The Morgan fingerprint density at radius 1 is 0.952 bits per heavy atom. The summed E-state index contributed by atoms with van der Waals surface area (Å²) in [6, 6.07) is 19.9. The summed E-state index contributed by atoms with van der Waals surface area (Å²) in [5, 5.41) is 3.15. The fourth-order valence-electron chi connectivity index (χ4n) is 5.49. The molecule has 0 bridgehead atoms. The second kappa shape index (κ2) is 14.0. The molecule has 0 unspecified atom stereocenters. The number of aryl methyl sites for hydroxylation is 2. The van der Waals surface area contributed by atoms with Crippen LogP contribution in [0.1, 0.15) is 54.4 Å². The molecule has 1 N–H and O–H groups in total. The highest BCUT2D eigenvalue weighted by Crippen LogP contribution is 2.26. The van der Waals surface area contributed by atoms with Crippen molar-refractivity contribution in [1.29, 1.82) is 0 Å². The van der Waals surface area contributed by atoms with Crippen molar-refractivity contribution in [2.75, 3.05) is 17.1 Å². The highest BCUT2D eigenvalue weighted by Gasteiger charge is 2.34. The van der Waals surface area contributed by atoms with Crippen LogP contribution < -0.4 is 9.62 Å². The maximum atomic E-state index is 14.9. The summed E-state index contributed by atoms with van der Waals surface area (Å²) < 4.78 is 42.1. The van der Waals surface area contributed by atoms with E-state index >= 15 is 0 Å². The van der Waals surface area contributed by atoms with E-state index in [4.69, 9.17) is 0 Å². The van der Waals surface area contributed by atoms with Crippen LogP contribution >= 0.6 is 0 Å². The van der Waals surface area contributed by atoms with E-state index in [1.54, 1.807) is 37.3 Å².